The zero-order chi connectivity index (χ0) is 22.9. The molecule has 0 spiro atoms. The number of carbonyl (C=O) groups is 1. The number of aromatic nitrogens is 1. The lowest BCUT2D eigenvalue weighted by molar-refractivity contribution is -0.133. The van der Waals surface area contributed by atoms with Gasteiger partial charge in [-0.25, -0.2) is 4.98 Å². The summed E-state index contributed by atoms with van der Waals surface area (Å²) in [7, 11) is 0. The summed E-state index contributed by atoms with van der Waals surface area (Å²) in [6.45, 7) is 3.71. The second-order valence-corrected chi connectivity index (χ2v) is 10.2. The molecule has 1 amide bonds. The molecular weight excluding hydrogens is 446 g/mol. The Morgan fingerprint density at radius 1 is 0.912 bits per heavy atom. The highest BCUT2D eigenvalue weighted by Crippen LogP contribution is 2.45. The smallest absolute Gasteiger partial charge is 0.273 e. The van der Waals surface area contributed by atoms with Gasteiger partial charge in [-0.15, -0.1) is 0 Å². The molecule has 1 aromatic heterocycles. The molecule has 3 aliphatic rings. The molecule has 0 unspecified atom stereocenters. The summed E-state index contributed by atoms with van der Waals surface area (Å²) < 4.78 is 12.1. The number of fused-ring (bicyclic) bond motifs is 2. The lowest BCUT2D eigenvalue weighted by Gasteiger charge is -2.42. The Hall–Kier alpha value is -2.90. The second-order valence-electron chi connectivity index (χ2n) is 9.32. The summed E-state index contributed by atoms with van der Waals surface area (Å²) in [6.07, 6.45) is 6.18. The molecule has 176 valence electrons. The fraction of sp³-hybridized carbons (Fsp3) is 0.407. The van der Waals surface area contributed by atoms with Crippen LogP contribution in [-0.2, 0) is 4.79 Å². The van der Waals surface area contributed by atoms with E-state index in [2.05, 4.69) is 14.8 Å². The van der Waals surface area contributed by atoms with Crippen LogP contribution in [0.2, 0.25) is 0 Å². The molecule has 7 heteroatoms. The third kappa shape index (κ3) is 4.18. The van der Waals surface area contributed by atoms with E-state index in [1.54, 1.807) is 17.5 Å². The van der Waals surface area contributed by atoms with Crippen molar-refractivity contribution in [3.05, 3.63) is 71.2 Å². The Balaban J connectivity index is 1.09. The first kappa shape index (κ1) is 21.6. The van der Waals surface area contributed by atoms with Gasteiger partial charge >= 0.3 is 0 Å². The van der Waals surface area contributed by atoms with E-state index in [-0.39, 0.29) is 17.9 Å². The Bertz CT molecular complexity index is 1090. The van der Waals surface area contributed by atoms with Crippen LogP contribution < -0.4 is 9.47 Å². The quantitative estimate of drug-likeness (QED) is 0.536. The number of rotatable bonds is 4. The number of likely N-dealkylation sites (tertiary alicyclic amines) is 2. The van der Waals surface area contributed by atoms with E-state index in [9.17, 15) is 4.79 Å². The molecule has 0 aliphatic carbocycles. The van der Waals surface area contributed by atoms with E-state index in [0.29, 0.717) is 6.04 Å². The molecule has 0 bridgehead atoms. The maximum atomic E-state index is 13.8. The van der Waals surface area contributed by atoms with Crippen LogP contribution in [0.5, 0.6) is 16.7 Å². The van der Waals surface area contributed by atoms with E-state index >= 15 is 0 Å². The fourth-order valence-electron chi connectivity index (χ4n) is 5.58. The summed E-state index contributed by atoms with van der Waals surface area (Å²) in [5.74, 6) is 1.48. The summed E-state index contributed by atoms with van der Waals surface area (Å²) in [4.78, 5) is 22.7. The molecule has 2 aromatic carbocycles. The van der Waals surface area contributed by atoms with Crippen LogP contribution in [-0.4, -0.2) is 59.0 Å². The highest BCUT2D eigenvalue weighted by Gasteiger charge is 2.37. The molecule has 34 heavy (non-hydrogen) atoms. The minimum absolute atomic E-state index is 0.192. The average Bonchev–Trinajstić information content (AvgIpc) is 3.40. The van der Waals surface area contributed by atoms with Crippen LogP contribution in [0.4, 0.5) is 0 Å². The van der Waals surface area contributed by atoms with Crippen molar-refractivity contribution in [2.24, 2.45) is 0 Å². The predicted molar refractivity (Wildman–Crippen MR) is 132 cm³/mol. The van der Waals surface area contributed by atoms with Gasteiger partial charge in [0.15, 0.2) is 0 Å². The summed E-state index contributed by atoms with van der Waals surface area (Å²) in [5, 5.41) is 2.73. The molecule has 6 rings (SSSR count). The number of nitrogens with zero attached hydrogens (tertiary/aromatic N) is 3. The van der Waals surface area contributed by atoms with Crippen molar-refractivity contribution in [1.29, 1.82) is 0 Å². The molecular formula is C27H29N3O3S. The van der Waals surface area contributed by atoms with Crippen molar-refractivity contribution in [3.63, 3.8) is 0 Å². The van der Waals surface area contributed by atoms with Crippen molar-refractivity contribution in [3.8, 4) is 16.7 Å². The summed E-state index contributed by atoms with van der Waals surface area (Å²) in [5.41, 5.74) is 1.94. The number of piperidine rings is 2. The summed E-state index contributed by atoms with van der Waals surface area (Å²) in [6, 6.07) is 16.4. The molecule has 0 atom stereocenters. The Kier molecular flexibility index (Phi) is 5.97. The minimum atomic E-state index is -0.295. The van der Waals surface area contributed by atoms with Gasteiger partial charge < -0.3 is 14.4 Å². The van der Waals surface area contributed by atoms with Crippen LogP contribution in [0.15, 0.2) is 60.1 Å². The lowest BCUT2D eigenvalue weighted by atomic mass is 9.86. The average molecular weight is 476 g/mol. The molecule has 6 nitrogen and oxygen atoms in total. The van der Waals surface area contributed by atoms with Gasteiger partial charge in [0.1, 0.15) is 17.6 Å². The fourth-order valence-corrected chi connectivity index (χ4v) is 6.13. The van der Waals surface area contributed by atoms with Crippen LogP contribution in [0.25, 0.3) is 0 Å². The molecule has 0 saturated carbocycles. The highest BCUT2D eigenvalue weighted by atomic mass is 32.1. The number of carbonyl (C=O) groups excluding carboxylic acids is 1. The number of hydrogen-bond acceptors (Lipinski definition) is 6. The first-order valence-electron chi connectivity index (χ1n) is 12.2. The van der Waals surface area contributed by atoms with Crippen LogP contribution >= 0.6 is 11.3 Å². The van der Waals surface area contributed by atoms with Crippen molar-refractivity contribution in [2.75, 3.05) is 26.2 Å². The lowest BCUT2D eigenvalue weighted by Crippen LogP contribution is -2.50. The number of hydrogen-bond donors (Lipinski definition) is 0. The second kappa shape index (κ2) is 9.39. The first-order chi connectivity index (χ1) is 16.8. The SMILES string of the molecule is O=C(C1c2ccccc2Oc2ccccc21)N1CCC(N2CCC(Oc3nccs3)CC2)CC1. The predicted octanol–water partition coefficient (Wildman–Crippen LogP) is 4.92. The van der Waals surface area contributed by atoms with Gasteiger partial charge in [-0.1, -0.05) is 47.7 Å². The van der Waals surface area contributed by atoms with Crippen molar-refractivity contribution in [2.45, 2.75) is 43.7 Å². The van der Waals surface area contributed by atoms with Crippen LogP contribution in [0.3, 0.4) is 0 Å². The number of para-hydroxylation sites is 2. The maximum Gasteiger partial charge on any atom is 0.273 e. The van der Waals surface area contributed by atoms with E-state index in [0.717, 1.165) is 79.7 Å². The first-order valence-corrected chi connectivity index (χ1v) is 13.1. The molecule has 2 fully saturated rings. The Labute approximate surface area is 204 Å². The van der Waals surface area contributed by atoms with E-state index in [1.165, 1.54) is 0 Å². The van der Waals surface area contributed by atoms with Crippen LogP contribution in [0, 0.1) is 0 Å². The largest absolute Gasteiger partial charge is 0.467 e. The van der Waals surface area contributed by atoms with Gasteiger partial charge in [0.05, 0.1) is 5.92 Å². The number of amides is 1. The van der Waals surface area contributed by atoms with E-state index < -0.39 is 0 Å². The molecule has 4 heterocycles. The van der Waals surface area contributed by atoms with Gasteiger partial charge in [0, 0.05) is 54.9 Å². The van der Waals surface area contributed by atoms with E-state index in [4.69, 9.17) is 9.47 Å². The van der Waals surface area contributed by atoms with E-state index in [1.807, 2.05) is 53.9 Å². The van der Waals surface area contributed by atoms with Gasteiger partial charge in [0.2, 0.25) is 5.91 Å². The molecule has 0 N–H and O–H groups in total. The van der Waals surface area contributed by atoms with Gasteiger partial charge in [-0.3, -0.25) is 9.69 Å². The third-order valence-corrected chi connectivity index (χ3v) is 8.03. The monoisotopic (exact) mass is 475 g/mol. The highest BCUT2D eigenvalue weighted by molar-refractivity contribution is 7.11. The Morgan fingerprint density at radius 3 is 2.18 bits per heavy atom. The molecule has 3 aromatic rings. The van der Waals surface area contributed by atoms with Crippen molar-refractivity contribution in [1.82, 2.24) is 14.8 Å². The summed E-state index contributed by atoms with van der Waals surface area (Å²) >= 11 is 1.56. The van der Waals surface area contributed by atoms with Crippen molar-refractivity contribution >= 4 is 17.2 Å². The zero-order valence-corrected chi connectivity index (χ0v) is 20.0. The molecule has 2 saturated heterocycles. The maximum absolute atomic E-state index is 13.8. The zero-order valence-electron chi connectivity index (χ0n) is 19.1. The topological polar surface area (TPSA) is 54.9 Å². The number of ether oxygens (including phenoxy) is 2. The molecule has 0 radical (unpaired) electrons. The number of benzene rings is 2. The third-order valence-electron chi connectivity index (χ3n) is 7.37. The molecule has 3 aliphatic heterocycles. The number of thiazole rings is 1. The van der Waals surface area contributed by atoms with Gasteiger partial charge in [-0.2, -0.15) is 0 Å². The van der Waals surface area contributed by atoms with Gasteiger partial charge in [0.25, 0.3) is 5.19 Å². The van der Waals surface area contributed by atoms with Gasteiger partial charge in [-0.05, 0) is 37.8 Å². The van der Waals surface area contributed by atoms with Crippen molar-refractivity contribution < 1.29 is 14.3 Å². The standard InChI is InChI=1S/C27H29N3O3S/c31-26(25-21-5-1-3-7-23(21)33-24-8-4-2-6-22(24)25)30-14-9-19(10-15-30)29-16-11-20(12-17-29)32-27-28-13-18-34-27/h1-8,13,18-20,25H,9-12,14-17H2. The van der Waals surface area contributed by atoms with Crippen LogP contribution in [0.1, 0.15) is 42.7 Å². The minimum Gasteiger partial charge on any atom is -0.467 e. The Morgan fingerprint density at radius 2 is 1.56 bits per heavy atom. The normalized spacial score (nSPS) is 19.8.